The van der Waals surface area contributed by atoms with Crippen LogP contribution in [0.25, 0.3) is 0 Å². The Labute approximate surface area is 129 Å². The van der Waals surface area contributed by atoms with Crippen molar-refractivity contribution in [3.05, 3.63) is 75.7 Å². The predicted molar refractivity (Wildman–Crippen MR) is 87.4 cm³/mol. The Morgan fingerprint density at radius 1 is 1.10 bits per heavy atom. The van der Waals surface area contributed by atoms with Gasteiger partial charge in [-0.2, -0.15) is 5.10 Å². The van der Waals surface area contributed by atoms with Crippen molar-refractivity contribution >= 4 is 11.3 Å². The summed E-state index contributed by atoms with van der Waals surface area (Å²) in [6.07, 6.45) is 4.05. The number of aryl methyl sites for hydroxylation is 1. The maximum absolute atomic E-state index is 4.42. The molecule has 0 aliphatic heterocycles. The molecule has 0 aliphatic carbocycles. The maximum Gasteiger partial charge on any atom is 0.0659 e. The normalized spacial score (nSPS) is 10.9. The number of hydrogen-bond donors (Lipinski definition) is 1. The van der Waals surface area contributed by atoms with E-state index < -0.39 is 0 Å². The minimum absolute atomic E-state index is 0.824. The van der Waals surface area contributed by atoms with Crippen LogP contribution >= 0.6 is 11.3 Å². The number of benzene rings is 1. The van der Waals surface area contributed by atoms with Gasteiger partial charge in [-0.05, 0) is 29.5 Å². The van der Waals surface area contributed by atoms with Gasteiger partial charge >= 0.3 is 0 Å². The summed E-state index contributed by atoms with van der Waals surface area (Å²) in [4.78, 5) is 1.41. The molecule has 0 bridgehead atoms. The third-order valence-corrected chi connectivity index (χ3v) is 4.48. The zero-order chi connectivity index (χ0) is 14.5. The van der Waals surface area contributed by atoms with E-state index in [1.807, 2.05) is 28.3 Å². The van der Waals surface area contributed by atoms with Crippen LogP contribution in [-0.4, -0.2) is 9.78 Å². The number of thiophene rings is 1. The molecule has 0 atom stereocenters. The van der Waals surface area contributed by atoms with Crippen molar-refractivity contribution in [3.63, 3.8) is 0 Å². The maximum atomic E-state index is 4.42. The van der Waals surface area contributed by atoms with Gasteiger partial charge in [0, 0.05) is 29.7 Å². The highest BCUT2D eigenvalue weighted by Crippen LogP contribution is 2.15. The molecule has 0 radical (unpaired) electrons. The van der Waals surface area contributed by atoms with Crippen LogP contribution in [0.15, 0.2) is 54.2 Å². The van der Waals surface area contributed by atoms with Gasteiger partial charge < -0.3 is 5.32 Å². The van der Waals surface area contributed by atoms with E-state index in [2.05, 4.69) is 59.2 Å². The van der Waals surface area contributed by atoms with Crippen LogP contribution < -0.4 is 5.32 Å². The average molecular weight is 297 g/mol. The number of nitrogens with zero attached hydrogens (tertiary/aromatic N) is 2. The Morgan fingerprint density at radius 2 is 1.95 bits per heavy atom. The molecule has 0 saturated heterocycles. The predicted octanol–water partition coefficient (Wildman–Crippen LogP) is 3.59. The molecule has 1 aromatic carbocycles. The monoisotopic (exact) mass is 297 g/mol. The lowest BCUT2D eigenvalue weighted by Gasteiger charge is -2.02. The van der Waals surface area contributed by atoms with Gasteiger partial charge in [-0.3, -0.25) is 4.68 Å². The van der Waals surface area contributed by atoms with E-state index in [0.717, 1.165) is 19.6 Å². The summed E-state index contributed by atoms with van der Waals surface area (Å²) >= 11 is 1.81. The Kier molecular flexibility index (Phi) is 4.48. The highest BCUT2D eigenvalue weighted by molar-refractivity contribution is 7.10. The second-order valence-corrected chi connectivity index (χ2v) is 6.16. The molecule has 0 spiro atoms. The smallest absolute Gasteiger partial charge is 0.0659 e. The number of nitrogens with one attached hydrogen (secondary N) is 1. The van der Waals surface area contributed by atoms with Gasteiger partial charge in [-0.25, -0.2) is 0 Å². The molecule has 21 heavy (non-hydrogen) atoms. The largest absolute Gasteiger partial charge is 0.308 e. The Hall–Kier alpha value is -1.91. The van der Waals surface area contributed by atoms with Crippen molar-refractivity contribution in [2.75, 3.05) is 0 Å². The highest BCUT2D eigenvalue weighted by atomic mass is 32.1. The van der Waals surface area contributed by atoms with Gasteiger partial charge in [0.25, 0.3) is 0 Å². The topological polar surface area (TPSA) is 29.9 Å². The van der Waals surface area contributed by atoms with E-state index in [9.17, 15) is 0 Å². The van der Waals surface area contributed by atoms with Crippen molar-refractivity contribution in [3.8, 4) is 0 Å². The van der Waals surface area contributed by atoms with Crippen LogP contribution in [-0.2, 0) is 19.6 Å². The van der Waals surface area contributed by atoms with Crippen molar-refractivity contribution in [1.29, 1.82) is 0 Å². The van der Waals surface area contributed by atoms with E-state index in [0.29, 0.717) is 0 Å². The molecular formula is C17H19N3S. The quantitative estimate of drug-likeness (QED) is 0.753. The number of aromatic nitrogens is 2. The van der Waals surface area contributed by atoms with E-state index in [1.165, 1.54) is 21.6 Å². The van der Waals surface area contributed by atoms with Crippen molar-refractivity contribution in [1.82, 2.24) is 15.1 Å². The van der Waals surface area contributed by atoms with Gasteiger partial charge in [0.1, 0.15) is 0 Å². The van der Waals surface area contributed by atoms with E-state index in [1.54, 1.807) is 0 Å². The molecule has 3 rings (SSSR count). The summed E-state index contributed by atoms with van der Waals surface area (Å²) in [7, 11) is 0. The molecule has 108 valence electrons. The third-order valence-electron chi connectivity index (χ3n) is 3.46. The molecule has 0 fully saturated rings. The Bertz CT molecular complexity index is 685. The molecule has 3 aromatic rings. The zero-order valence-electron chi connectivity index (χ0n) is 12.1. The van der Waals surface area contributed by atoms with Crippen LogP contribution in [0, 0.1) is 6.92 Å². The van der Waals surface area contributed by atoms with Gasteiger partial charge in [-0.15, -0.1) is 11.3 Å². The minimum Gasteiger partial charge on any atom is -0.308 e. The van der Waals surface area contributed by atoms with Crippen LogP contribution in [0.2, 0.25) is 0 Å². The minimum atomic E-state index is 0.824. The van der Waals surface area contributed by atoms with Crippen LogP contribution in [0.5, 0.6) is 0 Å². The van der Waals surface area contributed by atoms with Crippen LogP contribution in [0.4, 0.5) is 0 Å². The Morgan fingerprint density at radius 3 is 2.71 bits per heavy atom. The lowest BCUT2D eigenvalue weighted by molar-refractivity contribution is 0.679. The van der Waals surface area contributed by atoms with Crippen molar-refractivity contribution in [2.45, 2.75) is 26.6 Å². The van der Waals surface area contributed by atoms with E-state index in [4.69, 9.17) is 0 Å². The van der Waals surface area contributed by atoms with E-state index >= 15 is 0 Å². The van der Waals surface area contributed by atoms with Crippen molar-refractivity contribution < 1.29 is 0 Å². The zero-order valence-corrected chi connectivity index (χ0v) is 12.9. The van der Waals surface area contributed by atoms with Crippen molar-refractivity contribution in [2.24, 2.45) is 0 Å². The summed E-state index contributed by atoms with van der Waals surface area (Å²) in [6.45, 7) is 4.76. The second kappa shape index (κ2) is 6.70. The fourth-order valence-corrected chi connectivity index (χ4v) is 3.14. The summed E-state index contributed by atoms with van der Waals surface area (Å²) in [5.41, 5.74) is 3.86. The lowest BCUT2D eigenvalue weighted by Crippen LogP contribution is -2.11. The molecule has 3 nitrogen and oxygen atoms in total. The first kappa shape index (κ1) is 14.0. The summed E-state index contributed by atoms with van der Waals surface area (Å²) < 4.78 is 1.99. The van der Waals surface area contributed by atoms with Gasteiger partial charge in [0.05, 0.1) is 12.7 Å². The Balaban J connectivity index is 1.52. The molecule has 0 amide bonds. The average Bonchev–Trinajstić information content (AvgIpc) is 3.10. The summed E-state index contributed by atoms with van der Waals surface area (Å²) in [5.74, 6) is 0. The first-order valence-corrected chi connectivity index (χ1v) is 7.98. The highest BCUT2D eigenvalue weighted by Gasteiger charge is 2.02. The summed E-state index contributed by atoms with van der Waals surface area (Å²) in [5, 5.41) is 10.0. The first-order valence-electron chi connectivity index (χ1n) is 7.10. The van der Waals surface area contributed by atoms with E-state index in [-0.39, 0.29) is 0 Å². The van der Waals surface area contributed by atoms with Gasteiger partial charge in [-0.1, -0.05) is 30.3 Å². The number of rotatable bonds is 6. The second-order valence-electron chi connectivity index (χ2n) is 5.16. The SMILES string of the molecule is Cc1ccsc1CNCc1cnn(Cc2ccccc2)c1. The molecule has 2 heterocycles. The molecule has 0 aliphatic rings. The molecule has 0 saturated carbocycles. The first-order chi connectivity index (χ1) is 10.3. The van der Waals surface area contributed by atoms with Crippen LogP contribution in [0.1, 0.15) is 21.6 Å². The standard InChI is InChI=1S/C17H19N3S/c1-14-7-8-21-17(14)11-18-9-16-10-19-20(13-16)12-15-5-3-2-4-6-15/h2-8,10,13,18H,9,11-12H2,1H3. The summed E-state index contributed by atoms with van der Waals surface area (Å²) in [6, 6.07) is 12.6. The van der Waals surface area contributed by atoms with Gasteiger partial charge in [0.2, 0.25) is 0 Å². The molecule has 1 N–H and O–H groups in total. The van der Waals surface area contributed by atoms with Crippen LogP contribution in [0.3, 0.4) is 0 Å². The fourth-order valence-electron chi connectivity index (χ4n) is 2.26. The van der Waals surface area contributed by atoms with Gasteiger partial charge in [0.15, 0.2) is 0 Å². The molecule has 4 heteroatoms. The molecular weight excluding hydrogens is 278 g/mol. The molecule has 0 unspecified atom stereocenters. The molecule has 2 aromatic heterocycles. The fraction of sp³-hybridized carbons (Fsp3) is 0.235. The lowest BCUT2D eigenvalue weighted by atomic mass is 10.2. The number of hydrogen-bond acceptors (Lipinski definition) is 3. The third kappa shape index (κ3) is 3.80.